The second-order valence-electron chi connectivity index (χ2n) is 2.67. The number of benzene rings is 1. The Bertz CT molecular complexity index is 258. The minimum absolute atomic E-state index is 0. The SMILES string of the molecule is CNCC(O)c1cccc(O)c1.Cl.Cl. The summed E-state index contributed by atoms with van der Waals surface area (Å²) in [6, 6.07) is 6.63. The van der Waals surface area contributed by atoms with Gasteiger partial charge in [-0.25, -0.2) is 0 Å². The van der Waals surface area contributed by atoms with E-state index in [1.54, 1.807) is 31.3 Å². The molecule has 5 heteroatoms. The fraction of sp³-hybridized carbons (Fsp3) is 0.333. The number of hydrogen-bond donors (Lipinski definition) is 3. The first kappa shape index (κ1) is 16.0. The van der Waals surface area contributed by atoms with E-state index in [1.807, 2.05) is 0 Å². The predicted molar refractivity (Wildman–Crippen MR) is 61.5 cm³/mol. The van der Waals surface area contributed by atoms with Gasteiger partial charge in [-0.1, -0.05) is 12.1 Å². The van der Waals surface area contributed by atoms with Crippen LogP contribution in [0.4, 0.5) is 0 Å². The van der Waals surface area contributed by atoms with Crippen LogP contribution in [0.2, 0.25) is 0 Å². The molecule has 0 saturated heterocycles. The van der Waals surface area contributed by atoms with Crippen molar-refractivity contribution < 1.29 is 10.2 Å². The van der Waals surface area contributed by atoms with E-state index in [4.69, 9.17) is 5.11 Å². The Kier molecular flexibility index (Phi) is 8.99. The van der Waals surface area contributed by atoms with Crippen LogP contribution in [0.15, 0.2) is 24.3 Å². The van der Waals surface area contributed by atoms with E-state index in [-0.39, 0.29) is 30.6 Å². The number of rotatable bonds is 3. The monoisotopic (exact) mass is 239 g/mol. The number of aliphatic hydroxyl groups is 1. The van der Waals surface area contributed by atoms with E-state index < -0.39 is 6.10 Å². The number of nitrogens with one attached hydrogen (secondary N) is 1. The van der Waals surface area contributed by atoms with Crippen LogP contribution in [0, 0.1) is 0 Å². The maximum atomic E-state index is 9.47. The average molecular weight is 240 g/mol. The van der Waals surface area contributed by atoms with Crippen molar-refractivity contribution in [2.45, 2.75) is 6.10 Å². The summed E-state index contributed by atoms with van der Waals surface area (Å²) in [7, 11) is 1.77. The van der Waals surface area contributed by atoms with Gasteiger partial charge in [-0.15, -0.1) is 24.8 Å². The molecular weight excluding hydrogens is 225 g/mol. The van der Waals surface area contributed by atoms with E-state index >= 15 is 0 Å². The minimum atomic E-state index is -0.554. The van der Waals surface area contributed by atoms with Crippen LogP contribution in [0.5, 0.6) is 5.75 Å². The highest BCUT2D eigenvalue weighted by atomic mass is 35.5. The molecule has 3 N–H and O–H groups in total. The molecule has 0 spiro atoms. The molecule has 0 heterocycles. The Labute approximate surface area is 96.0 Å². The summed E-state index contributed by atoms with van der Waals surface area (Å²) in [5, 5.41) is 21.4. The normalized spacial score (nSPS) is 11.0. The van der Waals surface area contributed by atoms with Gasteiger partial charge in [-0.05, 0) is 24.7 Å². The van der Waals surface area contributed by atoms with Crippen molar-refractivity contribution in [1.29, 1.82) is 0 Å². The van der Waals surface area contributed by atoms with Gasteiger partial charge in [0.25, 0.3) is 0 Å². The third-order valence-electron chi connectivity index (χ3n) is 1.65. The van der Waals surface area contributed by atoms with E-state index in [9.17, 15) is 5.11 Å². The summed E-state index contributed by atoms with van der Waals surface area (Å²) in [4.78, 5) is 0. The molecule has 0 aliphatic heterocycles. The zero-order valence-corrected chi connectivity index (χ0v) is 9.44. The van der Waals surface area contributed by atoms with Crippen molar-refractivity contribution in [1.82, 2.24) is 5.32 Å². The maximum Gasteiger partial charge on any atom is 0.115 e. The first-order chi connectivity index (χ1) is 5.74. The smallest absolute Gasteiger partial charge is 0.115 e. The van der Waals surface area contributed by atoms with E-state index in [0.29, 0.717) is 6.54 Å². The van der Waals surface area contributed by atoms with Gasteiger partial charge in [-0.2, -0.15) is 0 Å². The summed E-state index contributed by atoms with van der Waals surface area (Å²) in [5.74, 6) is 0.183. The Morgan fingerprint density at radius 3 is 2.50 bits per heavy atom. The first-order valence-corrected chi connectivity index (χ1v) is 3.85. The van der Waals surface area contributed by atoms with Gasteiger partial charge in [0, 0.05) is 6.54 Å². The molecule has 0 amide bonds. The molecule has 14 heavy (non-hydrogen) atoms. The standard InChI is InChI=1S/C9H13NO2.2ClH/c1-10-6-9(12)7-3-2-4-8(11)5-7;;/h2-5,9-12H,6H2,1H3;2*1H. The molecule has 1 aromatic carbocycles. The minimum Gasteiger partial charge on any atom is -0.508 e. The largest absolute Gasteiger partial charge is 0.508 e. The van der Waals surface area contributed by atoms with Crippen LogP contribution in [-0.2, 0) is 0 Å². The molecule has 1 atom stereocenters. The van der Waals surface area contributed by atoms with Gasteiger partial charge in [0.15, 0.2) is 0 Å². The lowest BCUT2D eigenvalue weighted by atomic mass is 10.1. The fourth-order valence-corrected chi connectivity index (χ4v) is 1.04. The summed E-state index contributed by atoms with van der Waals surface area (Å²) >= 11 is 0. The average Bonchev–Trinajstić information content (AvgIpc) is 2.05. The number of phenolic OH excluding ortho intramolecular Hbond substituents is 1. The third kappa shape index (κ3) is 4.67. The topological polar surface area (TPSA) is 52.5 Å². The third-order valence-corrected chi connectivity index (χ3v) is 1.65. The number of aliphatic hydroxyl groups excluding tert-OH is 1. The molecule has 1 unspecified atom stereocenters. The number of hydrogen-bond acceptors (Lipinski definition) is 3. The lowest BCUT2D eigenvalue weighted by Crippen LogP contribution is -2.16. The summed E-state index contributed by atoms with van der Waals surface area (Å²) in [6.07, 6.45) is -0.554. The second-order valence-corrected chi connectivity index (χ2v) is 2.67. The van der Waals surface area contributed by atoms with Crippen LogP contribution in [0.1, 0.15) is 11.7 Å². The molecule has 82 valence electrons. The lowest BCUT2D eigenvalue weighted by Gasteiger charge is -2.09. The van der Waals surface area contributed by atoms with Gasteiger partial charge < -0.3 is 15.5 Å². The molecule has 0 aromatic heterocycles. The van der Waals surface area contributed by atoms with Gasteiger partial charge in [0.1, 0.15) is 5.75 Å². The zero-order chi connectivity index (χ0) is 8.97. The molecule has 0 aliphatic carbocycles. The molecule has 1 rings (SSSR count). The molecule has 0 fully saturated rings. The van der Waals surface area contributed by atoms with Crippen LogP contribution in [-0.4, -0.2) is 23.8 Å². The summed E-state index contributed by atoms with van der Waals surface area (Å²) < 4.78 is 0. The first-order valence-electron chi connectivity index (χ1n) is 3.85. The zero-order valence-electron chi connectivity index (χ0n) is 7.80. The Balaban J connectivity index is 0. The molecule has 3 nitrogen and oxygen atoms in total. The van der Waals surface area contributed by atoms with Crippen molar-refractivity contribution in [3.05, 3.63) is 29.8 Å². The quantitative estimate of drug-likeness (QED) is 0.750. The van der Waals surface area contributed by atoms with Gasteiger partial charge in [0.2, 0.25) is 0 Å². The van der Waals surface area contributed by atoms with Gasteiger partial charge in [0.05, 0.1) is 6.10 Å². The Hall–Kier alpha value is -0.480. The number of likely N-dealkylation sites (N-methyl/N-ethyl adjacent to an activating group) is 1. The van der Waals surface area contributed by atoms with Crippen molar-refractivity contribution in [2.24, 2.45) is 0 Å². The van der Waals surface area contributed by atoms with E-state index in [2.05, 4.69) is 5.32 Å². The summed E-state index contributed by atoms with van der Waals surface area (Å²) in [5.41, 5.74) is 0.726. The van der Waals surface area contributed by atoms with Crippen molar-refractivity contribution in [3.8, 4) is 5.75 Å². The Morgan fingerprint density at radius 2 is 2.00 bits per heavy atom. The van der Waals surface area contributed by atoms with Crippen LogP contribution in [0.3, 0.4) is 0 Å². The molecule has 1 aromatic rings. The highest BCUT2D eigenvalue weighted by Crippen LogP contribution is 2.17. The predicted octanol–water partition coefficient (Wildman–Crippen LogP) is 1.49. The second kappa shape index (κ2) is 7.88. The van der Waals surface area contributed by atoms with Gasteiger partial charge >= 0.3 is 0 Å². The number of phenols is 1. The Morgan fingerprint density at radius 1 is 1.36 bits per heavy atom. The molecule has 0 bridgehead atoms. The fourth-order valence-electron chi connectivity index (χ4n) is 1.04. The highest BCUT2D eigenvalue weighted by molar-refractivity contribution is 5.85. The van der Waals surface area contributed by atoms with Crippen molar-refractivity contribution >= 4 is 24.8 Å². The molecule has 0 saturated carbocycles. The van der Waals surface area contributed by atoms with Crippen LogP contribution >= 0.6 is 24.8 Å². The van der Waals surface area contributed by atoms with Crippen LogP contribution in [0.25, 0.3) is 0 Å². The number of aromatic hydroxyl groups is 1. The maximum absolute atomic E-state index is 9.47. The van der Waals surface area contributed by atoms with E-state index in [0.717, 1.165) is 5.56 Å². The molecule has 0 radical (unpaired) electrons. The lowest BCUT2D eigenvalue weighted by molar-refractivity contribution is 0.177. The molecular formula is C9H15Cl2NO2. The van der Waals surface area contributed by atoms with E-state index in [1.165, 1.54) is 0 Å². The molecule has 0 aliphatic rings. The van der Waals surface area contributed by atoms with Crippen molar-refractivity contribution in [3.63, 3.8) is 0 Å². The highest BCUT2D eigenvalue weighted by Gasteiger charge is 2.05. The van der Waals surface area contributed by atoms with Crippen LogP contribution < -0.4 is 5.32 Å². The summed E-state index contributed by atoms with van der Waals surface area (Å²) in [6.45, 7) is 0.490. The number of halogens is 2. The van der Waals surface area contributed by atoms with Gasteiger partial charge in [-0.3, -0.25) is 0 Å². The van der Waals surface area contributed by atoms with Crippen molar-refractivity contribution in [2.75, 3.05) is 13.6 Å².